The van der Waals surface area contributed by atoms with Crippen molar-refractivity contribution in [3.05, 3.63) is 42.7 Å². The van der Waals surface area contributed by atoms with E-state index >= 15 is 0 Å². The van der Waals surface area contributed by atoms with E-state index in [0.717, 1.165) is 6.26 Å². The topological polar surface area (TPSA) is 135 Å². The Balaban J connectivity index is 2.07. The average molecular weight is 460 g/mol. The van der Waals surface area contributed by atoms with Crippen LogP contribution in [0.5, 0.6) is 5.75 Å². The van der Waals surface area contributed by atoms with Crippen LogP contribution in [-0.2, 0) is 21.7 Å². The molecule has 1 amide bonds. The normalized spacial score (nSPS) is 12.3. The third-order valence-electron chi connectivity index (χ3n) is 4.28. The van der Waals surface area contributed by atoms with Crippen molar-refractivity contribution in [3.8, 4) is 17.0 Å². The number of aliphatic hydroxyl groups excluding tert-OH is 1. The molecule has 0 aliphatic carbocycles. The lowest BCUT2D eigenvalue weighted by Gasteiger charge is -2.15. The molecule has 0 aliphatic rings. The van der Waals surface area contributed by atoms with Gasteiger partial charge >= 0.3 is 0 Å². The number of hydrogen-bond donors (Lipinski definition) is 3. The van der Waals surface area contributed by atoms with Crippen LogP contribution in [0.25, 0.3) is 11.3 Å². The van der Waals surface area contributed by atoms with Crippen molar-refractivity contribution >= 4 is 32.9 Å². The summed E-state index contributed by atoms with van der Waals surface area (Å²) < 4.78 is 31.6. The number of carbonyl (C=O) groups is 1. The van der Waals surface area contributed by atoms with Crippen LogP contribution in [0.1, 0.15) is 13.8 Å². The summed E-state index contributed by atoms with van der Waals surface area (Å²) in [4.78, 5) is 15.8. The molecular weight excluding hydrogens is 434 g/mol. The third-order valence-corrected chi connectivity index (χ3v) is 5.37. The van der Waals surface area contributed by atoms with Gasteiger partial charge in [-0.25, -0.2) is 13.4 Å². The van der Waals surface area contributed by atoms with E-state index < -0.39 is 15.9 Å². The first-order valence-corrected chi connectivity index (χ1v) is 11.6. The summed E-state index contributed by atoms with van der Waals surface area (Å²) in [5, 5.41) is 19.7. The highest BCUT2D eigenvalue weighted by Crippen LogP contribution is 2.33. The summed E-state index contributed by atoms with van der Waals surface area (Å²) in [5.74, 6) is 0.332. The molecule has 32 heavy (non-hydrogen) atoms. The number of sulfone groups is 1. The second-order valence-electron chi connectivity index (χ2n) is 7.42. The van der Waals surface area contributed by atoms with Gasteiger partial charge in [-0.15, -0.1) is 0 Å². The molecule has 1 atom stereocenters. The molecule has 0 unspecified atom stereocenters. The number of rotatable bonds is 8. The largest absolute Gasteiger partial charge is 0.491 e. The zero-order valence-corrected chi connectivity index (χ0v) is 19.0. The van der Waals surface area contributed by atoms with E-state index in [9.17, 15) is 18.3 Å². The van der Waals surface area contributed by atoms with Crippen LogP contribution in [0.15, 0.2) is 47.6 Å². The van der Waals surface area contributed by atoms with Gasteiger partial charge in [-0.2, -0.15) is 5.10 Å². The van der Waals surface area contributed by atoms with Gasteiger partial charge in [0.1, 0.15) is 18.2 Å². The van der Waals surface area contributed by atoms with Crippen LogP contribution < -0.4 is 15.4 Å². The molecule has 3 rings (SSSR count). The highest BCUT2D eigenvalue weighted by Gasteiger charge is 2.15. The number of aromatic nitrogens is 3. The van der Waals surface area contributed by atoms with E-state index in [1.54, 1.807) is 43.2 Å². The van der Waals surface area contributed by atoms with E-state index in [-0.39, 0.29) is 23.2 Å². The Morgan fingerprint density at radius 1 is 1.28 bits per heavy atom. The molecular formula is C21H25N5O5S. The maximum Gasteiger partial charge on any atom is 0.222 e. The molecule has 0 aliphatic heterocycles. The smallest absolute Gasteiger partial charge is 0.222 e. The number of carbonyl (C=O) groups excluding carboxylic acids is 1. The Bertz CT molecular complexity index is 1240. The maximum atomic E-state index is 12.2. The molecule has 3 aromatic rings. The molecule has 0 saturated carbocycles. The fraction of sp³-hybridized carbons (Fsp3) is 0.286. The standard InChI is InChI=1S/C21H25N5O5S/c1-13(27)12-31-16-7-15(8-17(9-16)32(4,29)30)24-20-10-21(23-14(2)28)22-11-18(20)19-5-6-26(3)25-19/h5-11,13,27H,12H2,1-4H3,(H2,22,23,24,28)/t13-/m0/s1. The first-order valence-electron chi connectivity index (χ1n) is 9.72. The quantitative estimate of drug-likeness (QED) is 0.467. The number of pyridine rings is 1. The molecule has 11 heteroatoms. The van der Waals surface area contributed by atoms with Gasteiger partial charge in [0.2, 0.25) is 5.91 Å². The van der Waals surface area contributed by atoms with Gasteiger partial charge in [0.15, 0.2) is 9.84 Å². The minimum atomic E-state index is -3.53. The van der Waals surface area contributed by atoms with E-state index in [1.807, 2.05) is 6.07 Å². The molecule has 2 aromatic heterocycles. The molecule has 0 bridgehead atoms. The van der Waals surface area contributed by atoms with E-state index in [4.69, 9.17) is 4.74 Å². The lowest BCUT2D eigenvalue weighted by Crippen LogP contribution is -2.13. The lowest BCUT2D eigenvalue weighted by molar-refractivity contribution is -0.114. The van der Waals surface area contributed by atoms with Crippen molar-refractivity contribution in [3.63, 3.8) is 0 Å². The lowest BCUT2D eigenvalue weighted by atomic mass is 10.1. The van der Waals surface area contributed by atoms with Crippen molar-refractivity contribution in [1.82, 2.24) is 14.8 Å². The van der Waals surface area contributed by atoms with Crippen molar-refractivity contribution in [1.29, 1.82) is 0 Å². The van der Waals surface area contributed by atoms with Crippen molar-refractivity contribution in [2.24, 2.45) is 7.05 Å². The Morgan fingerprint density at radius 2 is 2.03 bits per heavy atom. The number of amides is 1. The number of hydrogen-bond acceptors (Lipinski definition) is 8. The molecule has 2 heterocycles. The molecule has 10 nitrogen and oxygen atoms in total. The van der Waals surface area contributed by atoms with Gasteiger partial charge in [-0.05, 0) is 25.1 Å². The minimum Gasteiger partial charge on any atom is -0.491 e. The highest BCUT2D eigenvalue weighted by molar-refractivity contribution is 7.90. The molecule has 0 fully saturated rings. The Hall–Kier alpha value is -3.44. The summed E-state index contributed by atoms with van der Waals surface area (Å²) in [6.45, 7) is 2.95. The van der Waals surface area contributed by atoms with Gasteiger partial charge in [0, 0.05) is 56.0 Å². The van der Waals surface area contributed by atoms with Crippen LogP contribution in [0, 0.1) is 0 Å². The van der Waals surface area contributed by atoms with E-state index in [0.29, 0.717) is 28.5 Å². The predicted molar refractivity (Wildman–Crippen MR) is 121 cm³/mol. The maximum absolute atomic E-state index is 12.2. The molecule has 1 aromatic carbocycles. The monoisotopic (exact) mass is 459 g/mol. The van der Waals surface area contributed by atoms with Crippen LogP contribution in [0.3, 0.4) is 0 Å². The number of benzene rings is 1. The molecule has 0 radical (unpaired) electrons. The summed E-state index contributed by atoms with van der Waals surface area (Å²) in [5.41, 5.74) is 2.28. The third kappa shape index (κ3) is 6.05. The molecule has 0 saturated heterocycles. The van der Waals surface area contributed by atoms with Crippen molar-refractivity contribution in [2.45, 2.75) is 24.8 Å². The van der Waals surface area contributed by atoms with E-state index in [2.05, 4.69) is 20.7 Å². The minimum absolute atomic E-state index is 0.00772. The highest BCUT2D eigenvalue weighted by atomic mass is 32.2. The number of anilines is 3. The number of nitrogens with one attached hydrogen (secondary N) is 2. The van der Waals surface area contributed by atoms with Crippen LogP contribution >= 0.6 is 0 Å². The van der Waals surface area contributed by atoms with Gasteiger partial charge in [-0.1, -0.05) is 0 Å². The predicted octanol–water partition coefficient (Wildman–Crippen LogP) is 2.35. The summed E-state index contributed by atoms with van der Waals surface area (Å²) >= 11 is 0. The second kappa shape index (κ2) is 9.37. The first-order chi connectivity index (χ1) is 15.0. The van der Waals surface area contributed by atoms with Crippen LogP contribution in [-0.4, -0.2) is 53.2 Å². The molecule has 0 spiro atoms. The Labute approximate surface area is 186 Å². The summed E-state index contributed by atoms with van der Waals surface area (Å²) in [7, 11) is -1.74. The zero-order valence-electron chi connectivity index (χ0n) is 18.2. The van der Waals surface area contributed by atoms with E-state index in [1.165, 1.54) is 19.1 Å². The SMILES string of the molecule is CC(=O)Nc1cc(Nc2cc(OC[C@H](C)O)cc(S(C)(=O)=O)c2)c(-c2ccn(C)n2)cn1. The second-order valence-corrected chi connectivity index (χ2v) is 9.44. The molecule has 170 valence electrons. The first kappa shape index (κ1) is 23.2. The van der Waals surface area contributed by atoms with Crippen molar-refractivity contribution < 1.29 is 23.1 Å². The molecule has 3 N–H and O–H groups in total. The van der Waals surface area contributed by atoms with Gasteiger partial charge < -0.3 is 20.5 Å². The van der Waals surface area contributed by atoms with Crippen LogP contribution in [0.4, 0.5) is 17.2 Å². The zero-order chi connectivity index (χ0) is 23.5. The number of aryl methyl sites for hydroxylation is 1. The fourth-order valence-electron chi connectivity index (χ4n) is 2.88. The van der Waals surface area contributed by atoms with Crippen molar-refractivity contribution in [2.75, 3.05) is 23.5 Å². The number of aliphatic hydroxyl groups is 1. The van der Waals surface area contributed by atoms with Gasteiger partial charge in [0.25, 0.3) is 0 Å². The summed E-state index contributed by atoms with van der Waals surface area (Å²) in [6.07, 6.45) is 3.74. The average Bonchev–Trinajstić information content (AvgIpc) is 3.11. The summed E-state index contributed by atoms with van der Waals surface area (Å²) in [6, 6.07) is 7.94. The fourth-order valence-corrected chi connectivity index (χ4v) is 3.56. The Morgan fingerprint density at radius 3 is 2.62 bits per heavy atom. The van der Waals surface area contributed by atoms with Gasteiger partial charge in [-0.3, -0.25) is 9.48 Å². The van der Waals surface area contributed by atoms with Gasteiger partial charge in [0.05, 0.1) is 22.4 Å². The number of nitrogens with zero attached hydrogens (tertiary/aromatic N) is 3. The number of ether oxygens (including phenoxy) is 1. The van der Waals surface area contributed by atoms with Crippen LogP contribution in [0.2, 0.25) is 0 Å². The Kier molecular flexibility index (Phi) is 6.80.